The van der Waals surface area contributed by atoms with Crippen molar-refractivity contribution in [2.24, 2.45) is 91.4 Å². The van der Waals surface area contributed by atoms with Crippen molar-refractivity contribution in [3.63, 3.8) is 0 Å². The predicted molar refractivity (Wildman–Crippen MR) is 430 cm³/mol. The maximum atomic E-state index is 13.3. The predicted octanol–water partition coefficient (Wildman–Crippen LogP) is 10.5. The molecule has 8 aromatic rings. The zero-order valence-electron chi connectivity index (χ0n) is 63.9. The van der Waals surface area contributed by atoms with Crippen LogP contribution in [0.25, 0.3) is 0 Å². The SMILES string of the molecule is Nc1nc(N2C[C@H]3CC(C(=O)N4N=CC[C@@H]4c4ccccc4)C[C@H]3C2)ncc1F.Nc1nc(N2C[C@H]3CC(C(=O)N4N=CC[C@@H]4c4ccccc4)C[C@H]3C2)ncc1F.Nc1nc(N2C[C@H]3CC(C(=O)N4N=CC[C@H]4c4ccccc4)C[C@H]3C2)ncc1F.Nc1nc(N2C[C@H]3CC(C(=O)N4N=CC[C@H]4c4ccccc4)C[C@H]3C2)ncc1F. The molecule has 12 heterocycles. The van der Waals surface area contributed by atoms with Crippen LogP contribution in [-0.2, 0) is 19.2 Å². The number of fused-ring (bicyclic) bond motifs is 4. The maximum Gasteiger partial charge on any atom is 0.246 e. The molecule has 600 valence electrons. The molecule has 4 amide bonds. The van der Waals surface area contributed by atoms with Crippen LogP contribution in [0.1, 0.15) is 123 Å². The molecule has 0 radical (unpaired) electrons. The van der Waals surface area contributed by atoms with Gasteiger partial charge in [-0.05, 0) is 121 Å². The number of hydrazone groups is 4. The topological polar surface area (TPSA) is 351 Å². The van der Waals surface area contributed by atoms with Crippen LogP contribution in [-0.4, -0.2) is 161 Å². The minimum atomic E-state index is -0.599. The summed E-state index contributed by atoms with van der Waals surface area (Å²) in [7, 11) is 0. The van der Waals surface area contributed by atoms with Crippen molar-refractivity contribution >= 4 is 95.6 Å². The molecule has 20 rings (SSSR count). The Balaban J connectivity index is 0.000000111. The first kappa shape index (κ1) is 76.5. The Morgan fingerprint density at radius 2 is 0.466 bits per heavy atom. The minimum Gasteiger partial charge on any atom is -0.381 e. The van der Waals surface area contributed by atoms with Crippen molar-refractivity contribution < 1.29 is 36.7 Å². The first-order valence-electron chi connectivity index (χ1n) is 40.1. The molecule has 28 nitrogen and oxygen atoms in total. The highest BCUT2D eigenvalue weighted by Crippen LogP contribution is 2.50. The van der Waals surface area contributed by atoms with Crippen LogP contribution >= 0.6 is 0 Å². The third-order valence-corrected chi connectivity index (χ3v) is 25.5. The quantitative estimate of drug-likeness (QED) is 0.0826. The summed E-state index contributed by atoms with van der Waals surface area (Å²) in [4.78, 5) is 93.6. The smallest absolute Gasteiger partial charge is 0.246 e. The van der Waals surface area contributed by atoms with E-state index in [4.69, 9.17) is 22.9 Å². The summed E-state index contributed by atoms with van der Waals surface area (Å²) >= 11 is 0. The molecule has 4 unspecified atom stereocenters. The van der Waals surface area contributed by atoms with Crippen LogP contribution in [0.3, 0.4) is 0 Å². The lowest BCUT2D eigenvalue weighted by atomic mass is 10.0. The number of anilines is 8. The van der Waals surface area contributed by atoms with Gasteiger partial charge in [-0.25, -0.2) is 57.5 Å². The van der Waals surface area contributed by atoms with Gasteiger partial charge in [0, 0.05) is 127 Å². The number of benzene rings is 4. The van der Waals surface area contributed by atoms with Gasteiger partial charge in [-0.3, -0.25) is 19.2 Å². The lowest BCUT2D eigenvalue weighted by Crippen LogP contribution is -2.33. The number of hydrogen-bond donors (Lipinski definition) is 4. The van der Waals surface area contributed by atoms with Gasteiger partial charge in [0.2, 0.25) is 47.4 Å². The average molecular weight is 1580 g/mol. The van der Waals surface area contributed by atoms with Crippen molar-refractivity contribution in [3.05, 3.63) is 192 Å². The number of carbonyl (C=O) groups is 4. The molecule has 4 aromatic carbocycles. The van der Waals surface area contributed by atoms with Crippen molar-refractivity contribution in [2.45, 2.75) is 101 Å². The lowest BCUT2D eigenvalue weighted by Gasteiger charge is -2.26. The second-order valence-corrected chi connectivity index (χ2v) is 32.6. The Hall–Kier alpha value is -12.1. The maximum absolute atomic E-state index is 13.3. The molecule has 32 heteroatoms. The number of aromatic nitrogens is 8. The number of nitrogens with two attached hydrogens (primary N) is 4. The molecular formula is C84H92F4N24O4. The molecule has 8 N–H and O–H groups in total. The molecule has 8 fully saturated rings. The van der Waals surface area contributed by atoms with Gasteiger partial charge in [-0.1, -0.05) is 121 Å². The number of amides is 4. The highest BCUT2D eigenvalue weighted by molar-refractivity contribution is 5.85. The van der Waals surface area contributed by atoms with E-state index in [1.165, 1.54) is 0 Å². The van der Waals surface area contributed by atoms with E-state index in [0.717, 1.165) is 176 Å². The molecular weight excluding hydrogens is 1490 g/mol. The van der Waals surface area contributed by atoms with Crippen LogP contribution < -0.4 is 42.5 Å². The largest absolute Gasteiger partial charge is 0.381 e. The van der Waals surface area contributed by atoms with Gasteiger partial charge in [0.25, 0.3) is 0 Å². The first-order valence-corrected chi connectivity index (χ1v) is 40.1. The molecule has 12 aliphatic rings. The summed E-state index contributed by atoms with van der Waals surface area (Å²) in [6, 6.07) is 40.3. The summed E-state index contributed by atoms with van der Waals surface area (Å²) in [5.74, 6) is 2.65. The molecule has 4 saturated carbocycles. The van der Waals surface area contributed by atoms with Crippen molar-refractivity contribution in [3.8, 4) is 0 Å². The molecule has 4 saturated heterocycles. The number of rotatable bonds is 12. The molecule has 0 spiro atoms. The van der Waals surface area contributed by atoms with E-state index in [-0.39, 0.29) is 94.7 Å². The highest BCUT2D eigenvalue weighted by Gasteiger charge is 2.51. The van der Waals surface area contributed by atoms with Gasteiger partial charge >= 0.3 is 0 Å². The van der Waals surface area contributed by atoms with Gasteiger partial charge in [0.05, 0.1) is 49.0 Å². The van der Waals surface area contributed by atoms with E-state index in [0.29, 0.717) is 71.1 Å². The Morgan fingerprint density at radius 3 is 0.638 bits per heavy atom. The third kappa shape index (κ3) is 15.8. The Morgan fingerprint density at radius 1 is 0.284 bits per heavy atom. The molecule has 116 heavy (non-hydrogen) atoms. The lowest BCUT2D eigenvalue weighted by molar-refractivity contribution is -0.138. The minimum absolute atomic E-state index is 0.00349. The van der Waals surface area contributed by atoms with E-state index >= 15 is 0 Å². The van der Waals surface area contributed by atoms with Crippen molar-refractivity contribution in [1.82, 2.24) is 59.9 Å². The summed E-state index contributed by atoms with van der Waals surface area (Å²) in [6.07, 6.45) is 21.5. The number of hydrogen-bond acceptors (Lipinski definition) is 24. The number of carbonyl (C=O) groups excluding carboxylic acids is 4. The van der Waals surface area contributed by atoms with Gasteiger partial charge in [0.1, 0.15) is 0 Å². The summed E-state index contributed by atoms with van der Waals surface area (Å²) in [5.41, 5.74) is 26.8. The summed E-state index contributed by atoms with van der Waals surface area (Å²) < 4.78 is 53.3. The fourth-order valence-corrected chi connectivity index (χ4v) is 19.8. The van der Waals surface area contributed by atoms with E-state index in [1.54, 1.807) is 20.0 Å². The molecule has 4 aromatic heterocycles. The van der Waals surface area contributed by atoms with Crippen LogP contribution in [0.2, 0.25) is 0 Å². The standard InChI is InChI=1S/4C21H23FN6O/c4*22-17-10-24-21(26-19(17)23)27-11-15-8-14(9-16(15)12-27)20(29)28-18(6-7-25-28)13-4-2-1-3-5-13/h4*1-5,7,10,14-16,18H,6,8-9,11-12H2,(H2,23,24,26)/t4*14?,15-,16+,18-/m1100/s1. The van der Waals surface area contributed by atoms with Crippen molar-refractivity contribution in [2.75, 3.05) is 94.9 Å². The fraction of sp³-hybridized carbons (Fsp3) is 0.429. The van der Waals surface area contributed by atoms with Crippen LogP contribution in [0.5, 0.6) is 0 Å². The van der Waals surface area contributed by atoms with Crippen LogP contribution in [0.15, 0.2) is 167 Å². The second kappa shape index (κ2) is 33.0. The molecule has 8 aliphatic heterocycles. The fourth-order valence-electron chi connectivity index (χ4n) is 19.8. The van der Waals surface area contributed by atoms with E-state index in [1.807, 2.05) is 117 Å². The van der Waals surface area contributed by atoms with Gasteiger partial charge in [0.15, 0.2) is 46.5 Å². The zero-order valence-corrected chi connectivity index (χ0v) is 63.9. The third-order valence-electron chi connectivity index (χ3n) is 25.5. The number of halogens is 4. The van der Waals surface area contributed by atoms with Gasteiger partial charge < -0.3 is 42.5 Å². The first-order chi connectivity index (χ1) is 56.4. The second-order valence-electron chi connectivity index (χ2n) is 32.6. The van der Waals surface area contributed by atoms with Crippen molar-refractivity contribution in [1.29, 1.82) is 0 Å². The molecule has 0 bridgehead atoms. The molecule has 16 atom stereocenters. The Bertz CT molecular complexity index is 4370. The van der Waals surface area contributed by atoms with E-state index in [2.05, 4.69) is 109 Å². The summed E-state index contributed by atoms with van der Waals surface area (Å²) in [5, 5.41) is 24.3. The number of nitrogen functional groups attached to an aromatic ring is 4. The van der Waals surface area contributed by atoms with E-state index < -0.39 is 23.3 Å². The monoisotopic (exact) mass is 1580 g/mol. The average Bonchev–Trinajstić information content (AvgIpc) is 1.64. The van der Waals surface area contributed by atoms with Crippen LogP contribution in [0, 0.1) is 94.3 Å². The van der Waals surface area contributed by atoms with Gasteiger partial charge in [-0.15, -0.1) is 0 Å². The highest BCUT2D eigenvalue weighted by atomic mass is 19.1. The zero-order chi connectivity index (χ0) is 79.8. The van der Waals surface area contributed by atoms with Crippen LogP contribution in [0.4, 0.5) is 64.6 Å². The van der Waals surface area contributed by atoms with Gasteiger partial charge in [-0.2, -0.15) is 40.3 Å². The molecule has 4 aliphatic carbocycles. The normalized spacial score (nSPS) is 28.2. The Kier molecular flexibility index (Phi) is 21.8. The van der Waals surface area contributed by atoms with E-state index in [9.17, 15) is 36.7 Å². The Labute approximate surface area is 668 Å². The number of nitrogens with zero attached hydrogens (tertiary/aromatic N) is 20. The summed E-state index contributed by atoms with van der Waals surface area (Å²) in [6.45, 7) is 6.15.